The molecular weight excluding hydrogens is 806 g/mol. The molecule has 5 N–H and O–H groups in total. The van der Waals surface area contributed by atoms with Crippen molar-refractivity contribution < 1.29 is 33.4 Å². The van der Waals surface area contributed by atoms with Crippen LogP contribution in [0.2, 0.25) is 0 Å². The number of hydrogen-bond donors (Lipinski definition) is 5. The first-order valence-electron chi connectivity index (χ1n) is 21.9. The predicted octanol–water partition coefficient (Wildman–Crippen LogP) is 8.44. The number of nitrogens with one attached hydrogen (secondary N) is 4. The van der Waals surface area contributed by atoms with E-state index in [1.165, 1.54) is 19.2 Å². The van der Waals surface area contributed by atoms with Gasteiger partial charge in [0.25, 0.3) is 0 Å². The van der Waals surface area contributed by atoms with Crippen molar-refractivity contribution in [2.24, 2.45) is 10.8 Å². The van der Waals surface area contributed by atoms with E-state index in [0.717, 1.165) is 71.0 Å². The molecule has 0 spiro atoms. The van der Waals surface area contributed by atoms with Crippen LogP contribution in [0.3, 0.4) is 0 Å². The van der Waals surface area contributed by atoms with E-state index in [9.17, 15) is 28.7 Å². The second-order valence-corrected chi connectivity index (χ2v) is 19.4. The van der Waals surface area contributed by atoms with E-state index in [-0.39, 0.29) is 41.8 Å². The molecule has 3 aromatic carbocycles. The van der Waals surface area contributed by atoms with Crippen LogP contribution in [-0.2, 0) is 14.3 Å². The smallest absolute Gasteiger partial charge is 0.407 e. The first-order chi connectivity index (χ1) is 29.9. The molecule has 8 rings (SSSR count). The highest BCUT2D eigenvalue weighted by molar-refractivity contribution is 5.88. The van der Waals surface area contributed by atoms with Gasteiger partial charge in [-0.1, -0.05) is 53.7 Å². The second-order valence-electron chi connectivity index (χ2n) is 19.4. The Morgan fingerprint density at radius 2 is 1.16 bits per heavy atom. The summed E-state index contributed by atoms with van der Waals surface area (Å²) in [6, 6.07) is 16.6. The fraction of sp³-hybridized carbons (Fsp3) is 0.489. The number of halogens is 1. The molecule has 0 unspecified atom stereocenters. The summed E-state index contributed by atoms with van der Waals surface area (Å²) < 4.78 is 19.2. The van der Waals surface area contributed by atoms with Crippen molar-refractivity contribution in [3.63, 3.8) is 0 Å². The third kappa shape index (κ3) is 8.63. The molecule has 334 valence electrons. The zero-order valence-electron chi connectivity index (χ0n) is 37.0. The van der Waals surface area contributed by atoms with Crippen LogP contribution >= 0.6 is 0 Å². The topological polar surface area (TPSA) is 189 Å². The average Bonchev–Trinajstić information content (AvgIpc) is 4.08. The number of hydrogen-bond acceptors (Lipinski definition) is 8. The van der Waals surface area contributed by atoms with Gasteiger partial charge in [-0.3, -0.25) is 9.59 Å². The van der Waals surface area contributed by atoms with Gasteiger partial charge >= 0.3 is 12.2 Å². The molecule has 63 heavy (non-hydrogen) atoms. The van der Waals surface area contributed by atoms with Crippen LogP contribution in [0, 0.1) is 16.6 Å². The molecule has 4 amide bonds. The Kier molecular flexibility index (Phi) is 11.6. The number of rotatable bonds is 9. The maximum Gasteiger partial charge on any atom is 0.407 e. The Morgan fingerprint density at radius 3 is 1.59 bits per heavy atom. The molecule has 2 aromatic heterocycles. The number of H-pyrrole nitrogens is 2. The number of imidazole rings is 2. The standard InChI is InChI=1S/C47H58FN9O6/c1-46(2,3)38(53-44(60)61)42(58)55-22-8-10-36(55)40-49-30-18-12-26(24-32(30)51-40)34-20-21-35(57(34)29-16-14-28(48)15-17-29)27-13-19-31-33(25-27)52-41(50-31)37-11-9-23-56(37)43(59)39(47(4,5)6)54-45(62)63-7/h12-19,24-25,34-39,53H,8-11,20-23H2,1-7H3,(H,49,51)(H,50,52)(H,54,62)(H,60,61)/t34-,35-,36+,37+,38-,39-/m1/s1. The predicted molar refractivity (Wildman–Crippen MR) is 236 cm³/mol. The molecule has 5 aromatic rings. The summed E-state index contributed by atoms with van der Waals surface area (Å²) >= 11 is 0. The lowest BCUT2D eigenvalue weighted by molar-refractivity contribution is -0.137. The van der Waals surface area contributed by atoms with Crippen molar-refractivity contribution in [1.82, 2.24) is 40.4 Å². The summed E-state index contributed by atoms with van der Waals surface area (Å²) in [5, 5.41) is 14.7. The molecule has 3 fully saturated rings. The number of alkyl carbamates (subject to hydrolysis) is 1. The van der Waals surface area contributed by atoms with E-state index in [0.29, 0.717) is 31.2 Å². The molecule has 3 aliphatic heterocycles. The first-order valence-corrected chi connectivity index (χ1v) is 21.9. The molecule has 3 saturated heterocycles. The lowest BCUT2D eigenvalue weighted by atomic mass is 9.85. The fourth-order valence-electron chi connectivity index (χ4n) is 9.82. The number of methoxy groups -OCH3 is 1. The number of carbonyl (C=O) groups excluding carboxylic acids is 3. The molecule has 15 nitrogen and oxygen atoms in total. The number of amides is 4. The minimum atomic E-state index is -1.24. The van der Waals surface area contributed by atoms with Crippen LogP contribution in [0.25, 0.3) is 22.1 Å². The molecule has 0 bridgehead atoms. The Morgan fingerprint density at radius 1 is 0.698 bits per heavy atom. The zero-order chi connectivity index (χ0) is 45.0. The summed E-state index contributed by atoms with van der Waals surface area (Å²) in [7, 11) is 1.28. The Balaban J connectivity index is 1.07. The highest BCUT2D eigenvalue weighted by Gasteiger charge is 2.43. The van der Waals surface area contributed by atoms with Gasteiger partial charge in [0.2, 0.25) is 11.8 Å². The molecule has 0 saturated carbocycles. The van der Waals surface area contributed by atoms with Crippen LogP contribution in [0.4, 0.5) is 19.7 Å². The van der Waals surface area contributed by atoms with E-state index in [1.54, 1.807) is 4.90 Å². The molecule has 16 heteroatoms. The summed E-state index contributed by atoms with van der Waals surface area (Å²) in [6.07, 6.45) is 2.78. The first kappa shape index (κ1) is 43.5. The monoisotopic (exact) mass is 863 g/mol. The summed E-state index contributed by atoms with van der Waals surface area (Å²) in [5.41, 5.74) is 5.07. The number of aromatic nitrogens is 4. The van der Waals surface area contributed by atoms with Gasteiger partial charge in [-0.25, -0.2) is 23.9 Å². The van der Waals surface area contributed by atoms with Gasteiger partial charge < -0.3 is 45.1 Å². The number of ether oxygens (including phenoxy) is 1. The molecule has 3 aliphatic rings. The number of likely N-dealkylation sites (tertiary alicyclic amines) is 2. The van der Waals surface area contributed by atoms with E-state index < -0.39 is 35.1 Å². The summed E-state index contributed by atoms with van der Waals surface area (Å²) in [5.74, 6) is 0.607. The fourth-order valence-corrected chi connectivity index (χ4v) is 9.82. The third-order valence-corrected chi connectivity index (χ3v) is 13.0. The van der Waals surface area contributed by atoms with E-state index >= 15 is 0 Å². The second kappa shape index (κ2) is 16.8. The van der Waals surface area contributed by atoms with Crippen LogP contribution in [0.5, 0.6) is 0 Å². The summed E-state index contributed by atoms with van der Waals surface area (Å²) in [6.45, 7) is 12.3. The Bertz CT molecular complexity index is 2520. The Hall–Kier alpha value is -6.19. The SMILES string of the molecule is COC(=O)N[C@H](C(=O)N1CCC[C@H]1c1nc2ccc([C@H]3CC[C@H](c4ccc5nc([C@@H]6CCCN6C(=O)[C@@H](NC(=O)O)C(C)(C)C)[nH]c5c4)N3c3ccc(F)cc3)cc2[nH]1)C(C)(C)C. The number of carbonyl (C=O) groups is 4. The van der Waals surface area contributed by atoms with E-state index in [4.69, 9.17) is 14.7 Å². The highest BCUT2D eigenvalue weighted by atomic mass is 19.1. The average molecular weight is 864 g/mol. The number of aromatic amines is 2. The van der Waals surface area contributed by atoms with Crippen molar-refractivity contribution in [2.45, 2.75) is 116 Å². The van der Waals surface area contributed by atoms with Crippen molar-refractivity contribution >= 4 is 51.8 Å². The van der Waals surface area contributed by atoms with Gasteiger partial charge in [0.05, 0.1) is 53.3 Å². The maximum absolute atomic E-state index is 14.4. The van der Waals surface area contributed by atoms with Crippen molar-refractivity contribution in [2.75, 3.05) is 25.1 Å². The van der Waals surface area contributed by atoms with Crippen LogP contribution in [0.1, 0.15) is 127 Å². The number of benzene rings is 3. The quantitative estimate of drug-likeness (QED) is 0.0969. The van der Waals surface area contributed by atoms with E-state index in [2.05, 4.69) is 49.8 Å². The van der Waals surface area contributed by atoms with Gasteiger partial charge in [-0.05, 0) is 109 Å². The van der Waals surface area contributed by atoms with Gasteiger partial charge in [0, 0.05) is 18.8 Å². The summed E-state index contributed by atoms with van der Waals surface area (Å²) in [4.78, 5) is 74.7. The molecule has 5 heterocycles. The third-order valence-electron chi connectivity index (χ3n) is 13.0. The number of nitrogens with zero attached hydrogens (tertiary/aromatic N) is 5. The van der Waals surface area contributed by atoms with Crippen LogP contribution < -0.4 is 15.5 Å². The molecular formula is C47H58FN9O6. The van der Waals surface area contributed by atoms with Gasteiger partial charge in [0.15, 0.2) is 0 Å². The minimum absolute atomic E-state index is 0.0561. The van der Waals surface area contributed by atoms with Gasteiger partial charge in [0.1, 0.15) is 29.5 Å². The van der Waals surface area contributed by atoms with Crippen molar-refractivity contribution in [1.29, 1.82) is 0 Å². The number of anilines is 1. The zero-order valence-corrected chi connectivity index (χ0v) is 37.0. The highest BCUT2D eigenvalue weighted by Crippen LogP contribution is 2.48. The molecule has 0 radical (unpaired) electrons. The largest absolute Gasteiger partial charge is 0.465 e. The molecule has 0 aliphatic carbocycles. The van der Waals surface area contributed by atoms with Crippen LogP contribution in [-0.4, -0.2) is 91.1 Å². The van der Waals surface area contributed by atoms with Crippen LogP contribution in [0.15, 0.2) is 60.7 Å². The number of fused-ring (bicyclic) bond motifs is 2. The maximum atomic E-state index is 14.4. The van der Waals surface area contributed by atoms with Crippen molar-refractivity contribution in [3.05, 3.63) is 89.3 Å². The number of carboxylic acid groups (broad SMARTS) is 1. The van der Waals surface area contributed by atoms with Gasteiger partial charge in [-0.15, -0.1) is 0 Å². The lowest BCUT2D eigenvalue weighted by Crippen LogP contribution is -2.54. The van der Waals surface area contributed by atoms with E-state index in [1.807, 2.05) is 70.7 Å². The molecule has 6 atom stereocenters. The van der Waals surface area contributed by atoms with Crippen molar-refractivity contribution in [3.8, 4) is 0 Å². The normalized spacial score (nSPS) is 21.6. The Labute approximate surface area is 366 Å². The lowest BCUT2D eigenvalue weighted by Gasteiger charge is -2.34. The minimum Gasteiger partial charge on any atom is -0.465 e. The van der Waals surface area contributed by atoms with Gasteiger partial charge in [-0.2, -0.15) is 0 Å².